The van der Waals surface area contributed by atoms with E-state index in [1.165, 1.54) is 20.8 Å². The second kappa shape index (κ2) is 5.99. The van der Waals surface area contributed by atoms with Crippen molar-refractivity contribution in [3.05, 3.63) is 0 Å². The SMILES string of the molecule is CC(C)(C)OCCC(F)(F)C(F)(F)C(F)(F)C(F)(F)S(=O)(=O)O. The lowest BCUT2D eigenvalue weighted by atomic mass is 10.0. The molecule has 0 fully saturated rings. The van der Waals surface area contributed by atoms with E-state index in [0.717, 1.165) is 0 Å². The summed E-state index contributed by atoms with van der Waals surface area (Å²) in [5.74, 6) is -19.6. The van der Waals surface area contributed by atoms with Gasteiger partial charge in [-0.05, 0) is 20.8 Å². The van der Waals surface area contributed by atoms with Gasteiger partial charge in [0.25, 0.3) is 0 Å². The van der Waals surface area contributed by atoms with Gasteiger partial charge in [-0.15, -0.1) is 0 Å². The van der Waals surface area contributed by atoms with Crippen molar-refractivity contribution in [2.24, 2.45) is 0 Å². The minimum Gasteiger partial charge on any atom is -0.376 e. The van der Waals surface area contributed by atoms with Crippen LogP contribution in [0.3, 0.4) is 0 Å². The van der Waals surface area contributed by atoms with Crippen molar-refractivity contribution in [3.8, 4) is 0 Å². The Labute approximate surface area is 126 Å². The quantitative estimate of drug-likeness (QED) is 0.540. The van der Waals surface area contributed by atoms with Crippen molar-refractivity contribution in [3.63, 3.8) is 0 Å². The van der Waals surface area contributed by atoms with Gasteiger partial charge in [-0.2, -0.15) is 43.5 Å². The molecule has 13 heteroatoms. The molecule has 0 spiro atoms. The Balaban J connectivity index is 5.59. The zero-order valence-electron chi connectivity index (χ0n) is 12.0. The molecule has 0 atom stereocenters. The number of ether oxygens (including phenoxy) is 1. The molecule has 4 nitrogen and oxygen atoms in total. The van der Waals surface area contributed by atoms with E-state index in [2.05, 4.69) is 4.74 Å². The number of alkyl halides is 8. The fourth-order valence-electron chi connectivity index (χ4n) is 1.22. The van der Waals surface area contributed by atoms with Crippen molar-refractivity contribution in [2.45, 2.75) is 55.8 Å². The van der Waals surface area contributed by atoms with E-state index in [-0.39, 0.29) is 0 Å². The molecule has 0 amide bonds. The van der Waals surface area contributed by atoms with Gasteiger partial charge in [-0.25, -0.2) is 0 Å². The summed E-state index contributed by atoms with van der Waals surface area (Å²) in [5.41, 5.74) is -1.10. The van der Waals surface area contributed by atoms with E-state index < -0.39 is 51.8 Å². The predicted molar refractivity (Wildman–Crippen MR) is 61.7 cm³/mol. The van der Waals surface area contributed by atoms with E-state index in [9.17, 15) is 43.5 Å². The van der Waals surface area contributed by atoms with Crippen molar-refractivity contribution in [1.29, 1.82) is 0 Å². The molecular weight excluding hydrogens is 368 g/mol. The summed E-state index contributed by atoms with van der Waals surface area (Å²) < 4.78 is 138. The van der Waals surface area contributed by atoms with Gasteiger partial charge in [0.05, 0.1) is 12.2 Å². The van der Waals surface area contributed by atoms with Crippen LogP contribution in [-0.4, -0.2) is 48.2 Å². The Morgan fingerprint density at radius 2 is 1.26 bits per heavy atom. The molecule has 23 heavy (non-hydrogen) atoms. The normalized spacial score (nSPS) is 15.8. The van der Waals surface area contributed by atoms with E-state index in [0.29, 0.717) is 0 Å². The predicted octanol–water partition coefficient (Wildman–Crippen LogP) is 3.58. The Morgan fingerprint density at radius 3 is 1.57 bits per heavy atom. The average molecular weight is 382 g/mol. The van der Waals surface area contributed by atoms with Crippen LogP contribution in [0.4, 0.5) is 35.1 Å². The highest BCUT2D eigenvalue weighted by atomic mass is 32.2. The molecule has 0 aromatic carbocycles. The minimum atomic E-state index is -7.08. The Morgan fingerprint density at radius 1 is 0.870 bits per heavy atom. The first-order valence-corrected chi connectivity index (χ1v) is 7.27. The molecule has 1 N–H and O–H groups in total. The summed E-state index contributed by atoms with van der Waals surface area (Å²) in [4.78, 5) is 0. The third-order valence-corrected chi connectivity index (χ3v) is 3.40. The molecule has 0 rings (SSSR count). The lowest BCUT2D eigenvalue weighted by Crippen LogP contribution is -2.64. The molecule has 0 saturated carbocycles. The summed E-state index contributed by atoms with van der Waals surface area (Å²) in [6.07, 6.45) is -2.09. The Bertz CT molecular complexity index is 523. The van der Waals surface area contributed by atoms with Crippen LogP contribution >= 0.6 is 0 Å². The number of hydrogen-bond donors (Lipinski definition) is 1. The second-order valence-corrected chi connectivity index (χ2v) is 7.02. The van der Waals surface area contributed by atoms with Gasteiger partial charge < -0.3 is 4.74 Å². The van der Waals surface area contributed by atoms with Crippen molar-refractivity contribution in [2.75, 3.05) is 6.61 Å². The van der Waals surface area contributed by atoms with E-state index >= 15 is 0 Å². The maximum Gasteiger partial charge on any atom is 0.438 e. The number of halogens is 8. The standard InChI is InChI=1S/C10H14F8O4S/c1-6(2,3)22-5-4-7(11,12)8(13,14)9(15,16)10(17,18)23(19,20)21/h4-5H2,1-3H3,(H,19,20,21). The molecule has 0 aliphatic carbocycles. The lowest BCUT2D eigenvalue weighted by molar-refractivity contribution is -0.351. The maximum atomic E-state index is 13.3. The maximum absolute atomic E-state index is 13.3. The molecule has 140 valence electrons. The summed E-state index contributed by atoms with van der Waals surface area (Å²) >= 11 is 0. The second-order valence-electron chi connectivity index (χ2n) is 5.56. The van der Waals surface area contributed by atoms with Gasteiger partial charge >= 0.3 is 33.1 Å². The van der Waals surface area contributed by atoms with Crippen molar-refractivity contribution < 1.29 is 52.8 Å². The summed E-state index contributed by atoms with van der Waals surface area (Å²) in [6.45, 7) is 2.78. The molecule has 0 aromatic rings. The van der Waals surface area contributed by atoms with E-state index in [1.54, 1.807) is 0 Å². The fraction of sp³-hybridized carbons (Fsp3) is 1.00. The van der Waals surface area contributed by atoms with Crippen LogP contribution in [0, 0.1) is 0 Å². The first-order chi connectivity index (χ1) is 9.71. The summed E-state index contributed by atoms with van der Waals surface area (Å²) in [7, 11) is -7.08. The molecule has 0 saturated heterocycles. The third-order valence-electron chi connectivity index (χ3n) is 2.49. The molecule has 0 heterocycles. The van der Waals surface area contributed by atoms with E-state index in [1.807, 2.05) is 0 Å². The number of rotatable bonds is 7. The monoisotopic (exact) mass is 382 g/mol. The van der Waals surface area contributed by atoms with Crippen molar-refractivity contribution >= 4 is 10.1 Å². The van der Waals surface area contributed by atoms with Crippen LogP contribution in [0.1, 0.15) is 27.2 Å². The molecular formula is C10H14F8O4S. The van der Waals surface area contributed by atoms with Gasteiger partial charge in [0.15, 0.2) is 0 Å². The van der Waals surface area contributed by atoms with Crippen LogP contribution < -0.4 is 0 Å². The van der Waals surface area contributed by atoms with Crippen LogP contribution in [0.5, 0.6) is 0 Å². The van der Waals surface area contributed by atoms with Crippen LogP contribution in [0.15, 0.2) is 0 Å². The lowest BCUT2D eigenvalue weighted by Gasteiger charge is -2.35. The first kappa shape index (κ1) is 22.3. The Kier molecular flexibility index (Phi) is 5.81. The van der Waals surface area contributed by atoms with Crippen LogP contribution in [0.25, 0.3) is 0 Å². The van der Waals surface area contributed by atoms with E-state index in [4.69, 9.17) is 4.55 Å². The van der Waals surface area contributed by atoms with Crippen LogP contribution in [-0.2, 0) is 14.9 Å². The number of hydrogen-bond acceptors (Lipinski definition) is 3. The zero-order valence-corrected chi connectivity index (χ0v) is 12.8. The molecule has 0 radical (unpaired) electrons. The Hall–Kier alpha value is -0.690. The highest BCUT2D eigenvalue weighted by molar-refractivity contribution is 7.87. The summed E-state index contributed by atoms with van der Waals surface area (Å²) in [6, 6.07) is 0. The molecule has 0 aromatic heterocycles. The van der Waals surface area contributed by atoms with Gasteiger partial charge in [-0.3, -0.25) is 4.55 Å². The van der Waals surface area contributed by atoms with Crippen LogP contribution in [0.2, 0.25) is 0 Å². The fourth-order valence-corrected chi connectivity index (χ4v) is 1.67. The molecule has 0 unspecified atom stereocenters. The summed E-state index contributed by atoms with van der Waals surface area (Å²) in [5, 5.41) is -6.82. The topological polar surface area (TPSA) is 63.6 Å². The smallest absolute Gasteiger partial charge is 0.376 e. The van der Waals surface area contributed by atoms with Gasteiger partial charge in [0.1, 0.15) is 0 Å². The minimum absolute atomic E-state index is 1.10. The average Bonchev–Trinajstić information content (AvgIpc) is 2.24. The molecule has 0 aliphatic heterocycles. The van der Waals surface area contributed by atoms with Gasteiger partial charge in [0, 0.05) is 6.42 Å². The van der Waals surface area contributed by atoms with Gasteiger partial charge in [0.2, 0.25) is 0 Å². The third kappa shape index (κ3) is 4.24. The first-order valence-electron chi connectivity index (χ1n) is 5.83. The van der Waals surface area contributed by atoms with Crippen molar-refractivity contribution in [1.82, 2.24) is 0 Å². The van der Waals surface area contributed by atoms with Gasteiger partial charge in [-0.1, -0.05) is 0 Å². The largest absolute Gasteiger partial charge is 0.438 e. The highest BCUT2D eigenvalue weighted by Crippen LogP contribution is 2.54. The molecule has 0 bridgehead atoms. The molecule has 0 aliphatic rings. The highest BCUT2D eigenvalue weighted by Gasteiger charge is 2.84. The zero-order chi connectivity index (χ0) is 19.1.